The van der Waals surface area contributed by atoms with Crippen molar-refractivity contribution in [2.75, 3.05) is 19.6 Å². The van der Waals surface area contributed by atoms with Crippen LogP contribution >= 0.6 is 0 Å². The summed E-state index contributed by atoms with van der Waals surface area (Å²) in [7, 11) is 0. The summed E-state index contributed by atoms with van der Waals surface area (Å²) in [4.78, 5) is 13.4. The van der Waals surface area contributed by atoms with Gasteiger partial charge in [0.2, 0.25) is 0 Å². The summed E-state index contributed by atoms with van der Waals surface area (Å²) < 4.78 is 0. The number of hydrogen-bond donors (Lipinski definition) is 2. The van der Waals surface area contributed by atoms with Crippen molar-refractivity contribution in [3.8, 4) is 0 Å². The lowest BCUT2D eigenvalue weighted by atomic mass is 10.1. The highest BCUT2D eigenvalue weighted by molar-refractivity contribution is 5.74. The summed E-state index contributed by atoms with van der Waals surface area (Å²) in [6.07, 6.45) is 4.03. The Bertz CT molecular complexity index is 176. The highest BCUT2D eigenvalue weighted by atomic mass is 16.2. The summed E-state index contributed by atoms with van der Waals surface area (Å²) in [5, 5.41) is 2.91. The van der Waals surface area contributed by atoms with Crippen LogP contribution in [0.25, 0.3) is 0 Å². The molecule has 3 N–H and O–H groups in total. The Morgan fingerprint density at radius 3 is 2.71 bits per heavy atom. The number of likely N-dealkylation sites (tertiary alicyclic amines) is 1. The third kappa shape index (κ3) is 3.54. The quantitative estimate of drug-likeness (QED) is 0.664. The standard InChI is InChI=1S/C10H21N3O/c1-2-3-6-12-10(14)13-7-4-9(11)5-8-13/h9H,2-8,11H2,1H3,(H,12,14). The van der Waals surface area contributed by atoms with E-state index in [1.54, 1.807) is 0 Å². The number of carbonyl (C=O) groups excluding carboxylic acids is 1. The molecule has 82 valence electrons. The molecule has 1 aliphatic rings. The molecule has 0 radical (unpaired) electrons. The average molecular weight is 199 g/mol. The second-order valence-electron chi connectivity index (χ2n) is 3.91. The van der Waals surface area contributed by atoms with E-state index in [0.29, 0.717) is 0 Å². The van der Waals surface area contributed by atoms with Crippen molar-refractivity contribution in [1.29, 1.82) is 0 Å². The summed E-state index contributed by atoms with van der Waals surface area (Å²) in [6.45, 7) is 4.52. The number of piperidine rings is 1. The fourth-order valence-corrected chi connectivity index (χ4v) is 1.59. The molecule has 0 unspecified atom stereocenters. The molecule has 14 heavy (non-hydrogen) atoms. The van der Waals surface area contributed by atoms with E-state index in [9.17, 15) is 4.79 Å². The van der Waals surface area contributed by atoms with E-state index in [4.69, 9.17) is 5.73 Å². The van der Waals surface area contributed by atoms with E-state index in [1.165, 1.54) is 0 Å². The van der Waals surface area contributed by atoms with Crippen LogP contribution in [0, 0.1) is 0 Å². The lowest BCUT2D eigenvalue weighted by Crippen LogP contribution is -2.47. The van der Waals surface area contributed by atoms with Crippen LogP contribution in [0.4, 0.5) is 4.79 Å². The van der Waals surface area contributed by atoms with Crippen molar-refractivity contribution in [3.05, 3.63) is 0 Å². The predicted octanol–water partition coefficient (Wildman–Crippen LogP) is 0.919. The van der Waals surface area contributed by atoms with Crippen molar-refractivity contribution in [2.24, 2.45) is 5.73 Å². The Hall–Kier alpha value is -0.770. The minimum absolute atomic E-state index is 0.0744. The molecule has 4 nitrogen and oxygen atoms in total. The third-order valence-corrected chi connectivity index (χ3v) is 2.63. The van der Waals surface area contributed by atoms with E-state index in [2.05, 4.69) is 12.2 Å². The van der Waals surface area contributed by atoms with Gasteiger partial charge in [-0.25, -0.2) is 4.79 Å². The Morgan fingerprint density at radius 2 is 2.14 bits per heavy atom. The zero-order valence-corrected chi connectivity index (χ0v) is 8.96. The van der Waals surface area contributed by atoms with Crippen molar-refractivity contribution in [1.82, 2.24) is 10.2 Å². The van der Waals surface area contributed by atoms with Crippen LogP contribution in [0.5, 0.6) is 0 Å². The molecular formula is C10H21N3O. The second-order valence-corrected chi connectivity index (χ2v) is 3.91. The summed E-state index contributed by atoms with van der Waals surface area (Å²) in [5.41, 5.74) is 5.76. The van der Waals surface area contributed by atoms with Crippen molar-refractivity contribution in [2.45, 2.75) is 38.6 Å². The minimum atomic E-state index is 0.0744. The number of rotatable bonds is 3. The number of unbranched alkanes of at least 4 members (excludes halogenated alkanes) is 1. The number of amides is 2. The first kappa shape index (κ1) is 11.3. The fraction of sp³-hybridized carbons (Fsp3) is 0.900. The number of nitrogens with zero attached hydrogens (tertiary/aromatic N) is 1. The van der Waals surface area contributed by atoms with Gasteiger partial charge in [-0.3, -0.25) is 0 Å². The Morgan fingerprint density at radius 1 is 1.50 bits per heavy atom. The van der Waals surface area contributed by atoms with Crippen molar-refractivity contribution >= 4 is 6.03 Å². The predicted molar refractivity (Wildman–Crippen MR) is 57.1 cm³/mol. The van der Waals surface area contributed by atoms with Gasteiger partial charge < -0.3 is 16.0 Å². The van der Waals surface area contributed by atoms with Crippen LogP contribution in [0.3, 0.4) is 0 Å². The van der Waals surface area contributed by atoms with E-state index in [0.717, 1.165) is 45.3 Å². The van der Waals surface area contributed by atoms with Gasteiger partial charge in [-0.2, -0.15) is 0 Å². The minimum Gasteiger partial charge on any atom is -0.338 e. The Kier molecular flexibility index (Phi) is 4.73. The Balaban J connectivity index is 2.17. The van der Waals surface area contributed by atoms with Gasteiger partial charge in [-0.1, -0.05) is 13.3 Å². The normalized spacial score (nSPS) is 18.3. The van der Waals surface area contributed by atoms with Crippen LogP contribution < -0.4 is 11.1 Å². The molecule has 1 rings (SSSR count). The van der Waals surface area contributed by atoms with Crippen LogP contribution in [0.15, 0.2) is 0 Å². The van der Waals surface area contributed by atoms with E-state index in [1.807, 2.05) is 4.90 Å². The smallest absolute Gasteiger partial charge is 0.317 e. The molecule has 1 saturated heterocycles. The van der Waals surface area contributed by atoms with E-state index >= 15 is 0 Å². The third-order valence-electron chi connectivity index (χ3n) is 2.63. The SMILES string of the molecule is CCCCNC(=O)N1CCC(N)CC1. The van der Waals surface area contributed by atoms with Gasteiger partial charge in [-0.05, 0) is 19.3 Å². The van der Waals surface area contributed by atoms with Crippen LogP contribution in [-0.2, 0) is 0 Å². The topological polar surface area (TPSA) is 58.4 Å². The number of nitrogens with two attached hydrogens (primary N) is 1. The zero-order valence-electron chi connectivity index (χ0n) is 8.96. The molecule has 4 heteroatoms. The summed E-state index contributed by atoms with van der Waals surface area (Å²) in [5.74, 6) is 0. The molecule has 0 aromatic rings. The average Bonchev–Trinajstić information content (AvgIpc) is 2.19. The maximum atomic E-state index is 11.6. The second kappa shape index (κ2) is 5.86. The largest absolute Gasteiger partial charge is 0.338 e. The number of nitrogens with one attached hydrogen (secondary N) is 1. The highest BCUT2D eigenvalue weighted by Gasteiger charge is 2.19. The van der Waals surface area contributed by atoms with E-state index < -0.39 is 0 Å². The molecule has 0 atom stereocenters. The van der Waals surface area contributed by atoms with Crippen LogP contribution in [0.2, 0.25) is 0 Å². The molecule has 0 aliphatic carbocycles. The highest BCUT2D eigenvalue weighted by Crippen LogP contribution is 2.07. The number of urea groups is 1. The van der Waals surface area contributed by atoms with Gasteiger partial charge in [0.05, 0.1) is 0 Å². The van der Waals surface area contributed by atoms with Crippen molar-refractivity contribution in [3.63, 3.8) is 0 Å². The molecule has 2 amide bonds. The fourth-order valence-electron chi connectivity index (χ4n) is 1.59. The molecule has 0 saturated carbocycles. The van der Waals surface area contributed by atoms with Gasteiger partial charge in [0.15, 0.2) is 0 Å². The first-order chi connectivity index (χ1) is 6.74. The number of carbonyl (C=O) groups is 1. The Labute approximate surface area is 85.8 Å². The molecule has 1 heterocycles. The summed E-state index contributed by atoms with van der Waals surface area (Å²) in [6, 6.07) is 0.361. The van der Waals surface area contributed by atoms with Gasteiger partial charge in [0.1, 0.15) is 0 Å². The molecule has 0 spiro atoms. The first-order valence-corrected chi connectivity index (χ1v) is 5.52. The molecular weight excluding hydrogens is 178 g/mol. The van der Waals surface area contributed by atoms with Crippen molar-refractivity contribution < 1.29 is 4.79 Å². The maximum Gasteiger partial charge on any atom is 0.317 e. The maximum absolute atomic E-state index is 11.6. The monoisotopic (exact) mass is 199 g/mol. The lowest BCUT2D eigenvalue weighted by Gasteiger charge is -2.30. The number of hydrogen-bond acceptors (Lipinski definition) is 2. The molecule has 0 aromatic heterocycles. The lowest BCUT2D eigenvalue weighted by molar-refractivity contribution is 0.182. The van der Waals surface area contributed by atoms with Gasteiger partial charge >= 0.3 is 6.03 Å². The van der Waals surface area contributed by atoms with E-state index in [-0.39, 0.29) is 12.1 Å². The molecule has 0 bridgehead atoms. The zero-order chi connectivity index (χ0) is 10.4. The first-order valence-electron chi connectivity index (χ1n) is 5.52. The van der Waals surface area contributed by atoms with Gasteiger partial charge in [0, 0.05) is 25.7 Å². The van der Waals surface area contributed by atoms with Crippen LogP contribution in [0.1, 0.15) is 32.6 Å². The van der Waals surface area contributed by atoms with Gasteiger partial charge in [-0.15, -0.1) is 0 Å². The molecule has 1 aliphatic heterocycles. The van der Waals surface area contributed by atoms with Gasteiger partial charge in [0.25, 0.3) is 0 Å². The summed E-state index contributed by atoms with van der Waals surface area (Å²) >= 11 is 0. The molecule has 0 aromatic carbocycles. The molecule has 1 fully saturated rings. The van der Waals surface area contributed by atoms with Crippen LogP contribution in [-0.4, -0.2) is 36.6 Å².